The Morgan fingerprint density at radius 2 is 2.00 bits per heavy atom. The number of aliphatic hydroxyl groups is 1. The van der Waals surface area contributed by atoms with Gasteiger partial charge in [-0.05, 0) is 44.5 Å². The molecule has 1 aromatic heterocycles. The Morgan fingerprint density at radius 3 is 2.65 bits per heavy atom. The van der Waals surface area contributed by atoms with E-state index in [0.717, 1.165) is 0 Å². The minimum atomic E-state index is -0.596. The lowest BCUT2D eigenvalue weighted by Crippen LogP contribution is -2.34. The number of nitrogens with zero attached hydrogens (tertiary/aromatic N) is 1. The topological polar surface area (TPSA) is 88.5 Å². The van der Waals surface area contributed by atoms with Gasteiger partial charge >= 0.3 is 5.97 Å². The third-order valence-corrected chi connectivity index (χ3v) is 3.05. The first-order valence-electron chi connectivity index (χ1n) is 7.29. The van der Waals surface area contributed by atoms with Crippen molar-refractivity contribution in [2.45, 2.75) is 33.0 Å². The number of rotatable bonds is 4. The SMILES string of the molecule is CC(C)(C)OC(=O)CNC(=O)c1ccnc2ccc(CO)cc12. The van der Waals surface area contributed by atoms with Crippen molar-refractivity contribution >= 4 is 22.8 Å². The van der Waals surface area contributed by atoms with Crippen LogP contribution in [-0.2, 0) is 16.1 Å². The number of esters is 1. The molecule has 6 heteroatoms. The lowest BCUT2D eigenvalue weighted by molar-refractivity contribution is -0.153. The van der Waals surface area contributed by atoms with Crippen molar-refractivity contribution in [3.8, 4) is 0 Å². The Morgan fingerprint density at radius 1 is 1.26 bits per heavy atom. The van der Waals surface area contributed by atoms with Crippen LogP contribution in [0.15, 0.2) is 30.5 Å². The minimum Gasteiger partial charge on any atom is -0.459 e. The first kappa shape index (κ1) is 16.9. The monoisotopic (exact) mass is 316 g/mol. The van der Waals surface area contributed by atoms with E-state index in [-0.39, 0.29) is 13.2 Å². The van der Waals surface area contributed by atoms with E-state index in [1.807, 2.05) is 0 Å². The van der Waals surface area contributed by atoms with Crippen LogP contribution in [-0.4, -0.2) is 34.1 Å². The fourth-order valence-electron chi connectivity index (χ4n) is 2.11. The molecule has 2 N–H and O–H groups in total. The first-order chi connectivity index (χ1) is 10.8. The Kier molecular flexibility index (Phi) is 4.95. The summed E-state index contributed by atoms with van der Waals surface area (Å²) >= 11 is 0. The highest BCUT2D eigenvalue weighted by molar-refractivity contribution is 6.06. The van der Waals surface area contributed by atoms with Gasteiger partial charge in [0.25, 0.3) is 5.91 Å². The van der Waals surface area contributed by atoms with Crippen LogP contribution in [0.4, 0.5) is 0 Å². The molecule has 23 heavy (non-hydrogen) atoms. The maximum atomic E-state index is 12.3. The standard InChI is InChI=1S/C17H20N2O4/c1-17(2,3)23-15(21)9-19-16(22)12-6-7-18-14-5-4-11(10-20)8-13(12)14/h4-8,20H,9-10H2,1-3H3,(H,19,22). The van der Waals surface area contributed by atoms with Crippen LogP contribution < -0.4 is 5.32 Å². The van der Waals surface area contributed by atoms with Gasteiger partial charge in [-0.1, -0.05) is 6.07 Å². The highest BCUT2D eigenvalue weighted by Crippen LogP contribution is 2.18. The van der Waals surface area contributed by atoms with Gasteiger partial charge < -0.3 is 15.2 Å². The molecule has 122 valence electrons. The second-order valence-electron chi connectivity index (χ2n) is 6.14. The summed E-state index contributed by atoms with van der Waals surface area (Å²) in [6, 6.07) is 6.78. The van der Waals surface area contributed by atoms with Crippen LogP contribution in [0.2, 0.25) is 0 Å². The van der Waals surface area contributed by atoms with E-state index in [1.165, 1.54) is 6.20 Å². The highest BCUT2D eigenvalue weighted by Gasteiger charge is 2.18. The number of benzene rings is 1. The predicted octanol–water partition coefficient (Wildman–Crippen LogP) is 1.80. The van der Waals surface area contributed by atoms with E-state index in [4.69, 9.17) is 4.74 Å². The maximum Gasteiger partial charge on any atom is 0.325 e. The molecule has 0 bridgehead atoms. The number of aliphatic hydroxyl groups excluding tert-OH is 1. The first-order valence-corrected chi connectivity index (χ1v) is 7.29. The summed E-state index contributed by atoms with van der Waals surface area (Å²) in [7, 11) is 0. The van der Waals surface area contributed by atoms with Crippen molar-refractivity contribution in [2.75, 3.05) is 6.54 Å². The third kappa shape index (κ3) is 4.50. The molecule has 2 rings (SSSR count). The van der Waals surface area contributed by atoms with Gasteiger partial charge in [0.1, 0.15) is 12.1 Å². The molecular weight excluding hydrogens is 296 g/mol. The Hall–Kier alpha value is -2.47. The van der Waals surface area contributed by atoms with E-state index < -0.39 is 17.5 Å². The normalized spacial score (nSPS) is 11.3. The molecule has 0 fully saturated rings. The Balaban J connectivity index is 2.16. The van der Waals surface area contributed by atoms with Gasteiger partial charge in [-0.2, -0.15) is 0 Å². The molecule has 0 unspecified atom stereocenters. The second kappa shape index (κ2) is 6.75. The molecule has 0 saturated carbocycles. The van der Waals surface area contributed by atoms with Gasteiger partial charge in [-0.3, -0.25) is 14.6 Å². The van der Waals surface area contributed by atoms with Crippen LogP contribution in [0.3, 0.4) is 0 Å². The summed E-state index contributed by atoms with van der Waals surface area (Å²) in [4.78, 5) is 28.2. The molecule has 6 nitrogen and oxygen atoms in total. The molecular formula is C17H20N2O4. The molecule has 0 saturated heterocycles. The van der Waals surface area contributed by atoms with Crippen molar-refractivity contribution in [1.82, 2.24) is 10.3 Å². The van der Waals surface area contributed by atoms with E-state index in [2.05, 4.69) is 10.3 Å². The lowest BCUT2D eigenvalue weighted by atomic mass is 10.1. The average Bonchev–Trinajstić information content (AvgIpc) is 2.49. The van der Waals surface area contributed by atoms with E-state index in [1.54, 1.807) is 45.0 Å². The average molecular weight is 316 g/mol. The van der Waals surface area contributed by atoms with Gasteiger partial charge in [0.15, 0.2) is 0 Å². The number of ether oxygens (including phenoxy) is 1. The fraction of sp³-hybridized carbons (Fsp3) is 0.353. The van der Waals surface area contributed by atoms with Gasteiger partial charge in [-0.25, -0.2) is 0 Å². The number of pyridine rings is 1. The van der Waals surface area contributed by atoms with Gasteiger partial charge in [-0.15, -0.1) is 0 Å². The smallest absolute Gasteiger partial charge is 0.325 e. The number of carbonyl (C=O) groups excluding carboxylic acids is 2. The number of hydrogen-bond donors (Lipinski definition) is 2. The number of hydrogen-bond acceptors (Lipinski definition) is 5. The highest BCUT2D eigenvalue weighted by atomic mass is 16.6. The van der Waals surface area contributed by atoms with Crippen LogP contribution in [0, 0.1) is 0 Å². The summed E-state index contributed by atoms with van der Waals surface area (Å²) in [5.41, 5.74) is 1.13. The number of nitrogens with one attached hydrogen (secondary N) is 1. The van der Waals surface area contributed by atoms with Crippen molar-refractivity contribution in [3.63, 3.8) is 0 Å². The molecule has 1 amide bonds. The Bertz CT molecular complexity index is 735. The largest absolute Gasteiger partial charge is 0.459 e. The summed E-state index contributed by atoms with van der Waals surface area (Å²) in [6.07, 6.45) is 1.53. The summed E-state index contributed by atoms with van der Waals surface area (Å²) in [6.45, 7) is 4.96. The lowest BCUT2D eigenvalue weighted by Gasteiger charge is -2.19. The summed E-state index contributed by atoms with van der Waals surface area (Å²) in [5, 5.41) is 12.4. The van der Waals surface area contributed by atoms with Crippen LogP contribution in [0.1, 0.15) is 36.7 Å². The zero-order valence-corrected chi connectivity index (χ0v) is 13.4. The third-order valence-electron chi connectivity index (χ3n) is 3.05. The minimum absolute atomic E-state index is 0.121. The fourth-order valence-corrected chi connectivity index (χ4v) is 2.11. The zero-order valence-electron chi connectivity index (χ0n) is 13.4. The van der Waals surface area contributed by atoms with Gasteiger partial charge in [0.2, 0.25) is 0 Å². The van der Waals surface area contributed by atoms with Crippen molar-refractivity contribution in [2.24, 2.45) is 0 Å². The maximum absolute atomic E-state index is 12.3. The Labute approximate surface area is 134 Å². The van der Waals surface area contributed by atoms with Gasteiger partial charge in [0.05, 0.1) is 17.7 Å². The number of fused-ring (bicyclic) bond motifs is 1. The number of carbonyl (C=O) groups is 2. The van der Waals surface area contributed by atoms with E-state index >= 15 is 0 Å². The molecule has 1 aromatic carbocycles. The van der Waals surface area contributed by atoms with Crippen molar-refractivity contribution in [1.29, 1.82) is 0 Å². The van der Waals surface area contributed by atoms with E-state index in [0.29, 0.717) is 22.0 Å². The van der Waals surface area contributed by atoms with Crippen molar-refractivity contribution < 1.29 is 19.4 Å². The number of aromatic nitrogens is 1. The van der Waals surface area contributed by atoms with E-state index in [9.17, 15) is 14.7 Å². The van der Waals surface area contributed by atoms with Crippen LogP contribution in [0.5, 0.6) is 0 Å². The summed E-state index contributed by atoms with van der Waals surface area (Å²) < 4.78 is 5.15. The molecule has 0 aliphatic rings. The number of amides is 1. The summed E-state index contributed by atoms with van der Waals surface area (Å²) in [5.74, 6) is -0.890. The zero-order chi connectivity index (χ0) is 17.0. The predicted molar refractivity (Wildman–Crippen MR) is 85.8 cm³/mol. The van der Waals surface area contributed by atoms with Crippen LogP contribution in [0.25, 0.3) is 10.9 Å². The molecule has 1 heterocycles. The molecule has 0 atom stereocenters. The quantitative estimate of drug-likeness (QED) is 0.840. The molecule has 0 spiro atoms. The second-order valence-corrected chi connectivity index (χ2v) is 6.14. The molecule has 2 aromatic rings. The molecule has 0 radical (unpaired) electrons. The van der Waals surface area contributed by atoms with Crippen molar-refractivity contribution in [3.05, 3.63) is 41.6 Å². The molecule has 0 aliphatic heterocycles. The molecule has 0 aliphatic carbocycles. The van der Waals surface area contributed by atoms with Crippen LogP contribution >= 0.6 is 0 Å². The van der Waals surface area contributed by atoms with Gasteiger partial charge in [0, 0.05) is 11.6 Å².